The number of rotatable bonds is 5. The maximum absolute atomic E-state index is 12.3. The summed E-state index contributed by atoms with van der Waals surface area (Å²) in [5, 5.41) is 0. The van der Waals surface area contributed by atoms with Crippen LogP contribution in [0.15, 0.2) is 54.6 Å². The minimum Gasteiger partial charge on any atom is -0.406 e. The fraction of sp³-hybridized carbons (Fsp3) is 0.381. The monoisotopic (exact) mass is 377 g/mol. The summed E-state index contributed by atoms with van der Waals surface area (Å²) in [7, 11) is 0. The number of alkyl halides is 3. The van der Waals surface area contributed by atoms with Crippen molar-refractivity contribution in [3.8, 4) is 5.75 Å². The molecule has 0 saturated heterocycles. The van der Waals surface area contributed by atoms with Crippen LogP contribution in [0, 0.1) is 5.92 Å². The van der Waals surface area contributed by atoms with Crippen LogP contribution in [0.2, 0.25) is 0 Å². The molecule has 27 heavy (non-hydrogen) atoms. The Hall–Kier alpha value is -2.50. The standard InChI is InChI=1S/C21H22F3NO2/c22-21(23,24)27-18-12-10-17(11-13-18)19(20(25)26)16-8-6-15(7-9-16)14-4-2-1-3-5-14/h1-5,10-13,15-16,19H,6-9H2,(H2,25,26). The predicted octanol–water partition coefficient (Wildman–Crippen LogP) is 5.13. The fourth-order valence-corrected chi connectivity index (χ4v) is 4.06. The topological polar surface area (TPSA) is 52.3 Å². The SMILES string of the molecule is NC(=O)C(c1ccc(OC(F)(F)F)cc1)C1CCC(c2ccccc2)CC1. The third kappa shape index (κ3) is 5.02. The fourth-order valence-electron chi connectivity index (χ4n) is 4.06. The van der Waals surface area contributed by atoms with E-state index in [-0.39, 0.29) is 11.7 Å². The van der Waals surface area contributed by atoms with Crippen LogP contribution in [-0.4, -0.2) is 12.3 Å². The molecule has 0 spiro atoms. The van der Waals surface area contributed by atoms with E-state index in [4.69, 9.17) is 5.73 Å². The molecular weight excluding hydrogens is 355 g/mol. The number of carbonyl (C=O) groups excluding carboxylic acids is 1. The summed E-state index contributed by atoms with van der Waals surface area (Å²) in [6.07, 6.45) is -1.09. The summed E-state index contributed by atoms with van der Waals surface area (Å²) in [5.41, 5.74) is 7.58. The highest BCUT2D eigenvalue weighted by molar-refractivity contribution is 5.82. The van der Waals surface area contributed by atoms with Gasteiger partial charge < -0.3 is 10.5 Å². The van der Waals surface area contributed by atoms with E-state index in [1.807, 2.05) is 18.2 Å². The third-order valence-electron chi connectivity index (χ3n) is 5.29. The molecule has 3 rings (SSSR count). The summed E-state index contributed by atoms with van der Waals surface area (Å²) in [4.78, 5) is 12.1. The molecule has 1 aliphatic carbocycles. The molecule has 0 bridgehead atoms. The number of primary amides is 1. The van der Waals surface area contributed by atoms with Gasteiger partial charge in [0.25, 0.3) is 0 Å². The molecule has 1 fully saturated rings. The summed E-state index contributed by atoms with van der Waals surface area (Å²) in [6, 6.07) is 15.7. The zero-order valence-corrected chi connectivity index (χ0v) is 14.8. The smallest absolute Gasteiger partial charge is 0.406 e. The second kappa shape index (κ2) is 8.03. The van der Waals surface area contributed by atoms with E-state index in [0.29, 0.717) is 11.5 Å². The van der Waals surface area contributed by atoms with Crippen LogP contribution in [0.4, 0.5) is 13.2 Å². The van der Waals surface area contributed by atoms with Gasteiger partial charge in [0.2, 0.25) is 5.91 Å². The Morgan fingerprint density at radius 2 is 1.56 bits per heavy atom. The lowest BCUT2D eigenvalue weighted by Gasteiger charge is -2.33. The second-order valence-corrected chi connectivity index (χ2v) is 7.02. The lowest BCUT2D eigenvalue weighted by Crippen LogP contribution is -2.30. The van der Waals surface area contributed by atoms with Gasteiger partial charge in [-0.15, -0.1) is 13.2 Å². The Labute approximate surface area is 156 Å². The van der Waals surface area contributed by atoms with Crippen LogP contribution in [0.25, 0.3) is 0 Å². The average Bonchev–Trinajstić information content (AvgIpc) is 2.63. The molecule has 1 saturated carbocycles. The van der Waals surface area contributed by atoms with Crippen molar-refractivity contribution in [2.24, 2.45) is 11.7 Å². The molecule has 2 N–H and O–H groups in total. The van der Waals surface area contributed by atoms with Crippen molar-refractivity contribution >= 4 is 5.91 Å². The lowest BCUT2D eigenvalue weighted by atomic mass is 9.72. The van der Waals surface area contributed by atoms with Gasteiger partial charge in [-0.25, -0.2) is 0 Å². The largest absolute Gasteiger partial charge is 0.573 e. The molecule has 1 amide bonds. The molecule has 0 aromatic heterocycles. The molecule has 1 unspecified atom stereocenters. The van der Waals surface area contributed by atoms with Crippen molar-refractivity contribution in [1.82, 2.24) is 0 Å². The van der Waals surface area contributed by atoms with E-state index in [9.17, 15) is 18.0 Å². The normalized spacial score (nSPS) is 21.4. The van der Waals surface area contributed by atoms with Crippen LogP contribution < -0.4 is 10.5 Å². The number of amides is 1. The number of benzene rings is 2. The molecule has 2 aromatic carbocycles. The second-order valence-electron chi connectivity index (χ2n) is 7.02. The van der Waals surface area contributed by atoms with E-state index in [1.165, 1.54) is 29.8 Å². The maximum atomic E-state index is 12.3. The van der Waals surface area contributed by atoms with Gasteiger partial charge in [0, 0.05) is 0 Å². The van der Waals surface area contributed by atoms with Gasteiger partial charge in [-0.2, -0.15) is 0 Å². The molecular formula is C21H22F3NO2. The van der Waals surface area contributed by atoms with E-state index in [1.54, 1.807) is 0 Å². The molecule has 3 nitrogen and oxygen atoms in total. The van der Waals surface area contributed by atoms with Gasteiger partial charge in [0.15, 0.2) is 0 Å². The van der Waals surface area contributed by atoms with Crippen molar-refractivity contribution in [3.63, 3.8) is 0 Å². The molecule has 0 heterocycles. The Kier molecular flexibility index (Phi) is 5.73. The third-order valence-corrected chi connectivity index (χ3v) is 5.29. The van der Waals surface area contributed by atoms with Crippen LogP contribution in [0.3, 0.4) is 0 Å². The van der Waals surface area contributed by atoms with Gasteiger partial charge >= 0.3 is 6.36 Å². The minimum absolute atomic E-state index is 0.0943. The van der Waals surface area contributed by atoms with E-state index < -0.39 is 18.2 Å². The zero-order chi connectivity index (χ0) is 19.4. The van der Waals surface area contributed by atoms with Crippen LogP contribution >= 0.6 is 0 Å². The Bertz CT molecular complexity index is 751. The molecule has 2 aromatic rings. The van der Waals surface area contributed by atoms with Crippen LogP contribution in [0.5, 0.6) is 5.75 Å². The van der Waals surface area contributed by atoms with E-state index in [2.05, 4.69) is 16.9 Å². The Balaban J connectivity index is 1.69. The highest BCUT2D eigenvalue weighted by atomic mass is 19.4. The first-order valence-corrected chi connectivity index (χ1v) is 9.03. The predicted molar refractivity (Wildman–Crippen MR) is 96.2 cm³/mol. The van der Waals surface area contributed by atoms with Crippen molar-refractivity contribution in [2.75, 3.05) is 0 Å². The minimum atomic E-state index is -4.74. The van der Waals surface area contributed by atoms with Gasteiger partial charge in [-0.05, 0) is 60.8 Å². The quantitative estimate of drug-likeness (QED) is 0.785. The summed E-state index contributed by atoms with van der Waals surface area (Å²) < 4.78 is 40.8. The van der Waals surface area contributed by atoms with Gasteiger partial charge in [-0.1, -0.05) is 42.5 Å². The van der Waals surface area contributed by atoms with Crippen LogP contribution in [-0.2, 0) is 4.79 Å². The molecule has 6 heteroatoms. The van der Waals surface area contributed by atoms with Crippen molar-refractivity contribution in [2.45, 2.75) is 43.9 Å². The van der Waals surface area contributed by atoms with E-state index >= 15 is 0 Å². The van der Waals surface area contributed by atoms with Gasteiger partial charge in [0.05, 0.1) is 5.92 Å². The molecule has 0 aliphatic heterocycles. The van der Waals surface area contributed by atoms with Crippen molar-refractivity contribution in [3.05, 3.63) is 65.7 Å². The summed E-state index contributed by atoms with van der Waals surface area (Å²) >= 11 is 0. The maximum Gasteiger partial charge on any atom is 0.573 e. The average molecular weight is 377 g/mol. The molecule has 0 radical (unpaired) electrons. The number of ether oxygens (including phenoxy) is 1. The summed E-state index contributed by atoms with van der Waals surface area (Å²) in [6.45, 7) is 0. The lowest BCUT2D eigenvalue weighted by molar-refractivity contribution is -0.274. The zero-order valence-electron chi connectivity index (χ0n) is 14.8. The van der Waals surface area contributed by atoms with Gasteiger partial charge in [0.1, 0.15) is 5.75 Å². The number of hydrogen-bond acceptors (Lipinski definition) is 2. The van der Waals surface area contributed by atoms with Crippen molar-refractivity contribution in [1.29, 1.82) is 0 Å². The summed E-state index contributed by atoms with van der Waals surface area (Å²) in [5.74, 6) is -0.679. The Morgan fingerprint density at radius 3 is 2.07 bits per heavy atom. The first-order chi connectivity index (χ1) is 12.8. The van der Waals surface area contributed by atoms with Gasteiger partial charge in [-0.3, -0.25) is 4.79 Å². The highest BCUT2D eigenvalue weighted by Gasteiger charge is 2.33. The molecule has 1 atom stereocenters. The first-order valence-electron chi connectivity index (χ1n) is 9.03. The van der Waals surface area contributed by atoms with Crippen LogP contribution in [0.1, 0.15) is 48.6 Å². The van der Waals surface area contributed by atoms with Crippen molar-refractivity contribution < 1.29 is 22.7 Å². The number of carbonyl (C=O) groups is 1. The molecule has 1 aliphatic rings. The number of nitrogens with two attached hydrogens (primary N) is 1. The first kappa shape index (κ1) is 19.3. The molecule has 144 valence electrons. The number of hydrogen-bond donors (Lipinski definition) is 1. The number of halogens is 3. The Morgan fingerprint density at radius 1 is 0.963 bits per heavy atom. The highest BCUT2D eigenvalue weighted by Crippen LogP contribution is 2.42. The van der Waals surface area contributed by atoms with E-state index in [0.717, 1.165) is 25.7 Å².